The number of unbranched alkanes of at least 4 members (excludes halogenated alkanes) is 24. The van der Waals surface area contributed by atoms with Gasteiger partial charge in [-0.1, -0.05) is 169 Å². The third-order valence-corrected chi connectivity index (χ3v) is 16.4. The molecule has 1 N–H and O–H groups in total. The topological polar surface area (TPSA) is 86.7 Å². The van der Waals surface area contributed by atoms with Gasteiger partial charge >= 0.3 is 24.5 Å². The van der Waals surface area contributed by atoms with Crippen LogP contribution in [-0.4, -0.2) is 97.9 Å². The number of aliphatic hydroxyl groups excluding tert-OH is 1. The van der Waals surface area contributed by atoms with Gasteiger partial charge in [0.1, 0.15) is 18.3 Å². The van der Waals surface area contributed by atoms with Crippen LogP contribution >= 0.6 is 11.8 Å². The standard InChI is InChI=1S/C50H103NO7SSi2/c1-7-11-15-18-21-22-27-37-47-59-48(38-14-10-4)50(53)55-45-35-26-23-30-40-51(42-32-33-43-52)41-31-28-29-39-49(54-44-34-24-19-16-12-8-2)57-61(6)58-60(5)56-46-36-25-20-17-13-9-3/h48-49,52H,7-47H2,1-6H3/q+2. The summed E-state index contributed by atoms with van der Waals surface area (Å²) in [7, 11) is -2.79. The SMILES string of the molecule is CCCCCCCCCCSC(CCCC)C(=O)OCCCCCCN(CCCCO)CCCCCC(OCCCCCCCC)O[Si+](C)O[Si+](C)OCCCCCCCC. The van der Waals surface area contributed by atoms with Crippen molar-refractivity contribution in [3.63, 3.8) is 0 Å². The average molecular weight is 919 g/mol. The van der Waals surface area contributed by atoms with Gasteiger partial charge < -0.3 is 19.5 Å². The predicted molar refractivity (Wildman–Crippen MR) is 267 cm³/mol. The molecule has 0 aromatic heterocycles. The molecule has 61 heavy (non-hydrogen) atoms. The molecule has 0 saturated carbocycles. The Morgan fingerprint density at radius 1 is 0.525 bits per heavy atom. The fourth-order valence-electron chi connectivity index (χ4n) is 7.60. The summed E-state index contributed by atoms with van der Waals surface area (Å²) in [5.74, 6) is 1.08. The number of ether oxygens (including phenoxy) is 2. The molecular weight excluding hydrogens is 815 g/mol. The summed E-state index contributed by atoms with van der Waals surface area (Å²) >= 11 is 1.83. The smallest absolute Gasteiger partial charge is 0.465 e. The quantitative estimate of drug-likeness (QED) is 0.0277. The maximum absolute atomic E-state index is 13.0. The zero-order valence-corrected chi connectivity index (χ0v) is 44.2. The second-order valence-electron chi connectivity index (χ2n) is 17.6. The molecule has 0 radical (unpaired) electrons. The summed E-state index contributed by atoms with van der Waals surface area (Å²) in [4.78, 5) is 15.6. The number of hydrogen-bond acceptors (Lipinski definition) is 9. The molecule has 8 nitrogen and oxygen atoms in total. The van der Waals surface area contributed by atoms with Crippen molar-refractivity contribution >= 4 is 36.3 Å². The van der Waals surface area contributed by atoms with E-state index in [0.717, 1.165) is 135 Å². The summed E-state index contributed by atoms with van der Waals surface area (Å²) in [6.45, 7) is 18.8. The Kier molecular flexibility index (Phi) is 49.5. The highest BCUT2D eigenvalue weighted by molar-refractivity contribution is 8.00. The third kappa shape index (κ3) is 43.7. The number of carbonyl (C=O) groups excluding carboxylic acids is 1. The first-order chi connectivity index (χ1) is 29.9. The van der Waals surface area contributed by atoms with E-state index in [-0.39, 0.29) is 24.1 Å². The summed E-state index contributed by atoms with van der Waals surface area (Å²) in [6, 6.07) is 0. The molecule has 2 unspecified atom stereocenters. The highest BCUT2D eigenvalue weighted by atomic mass is 32.2. The Hall–Kier alpha value is 0.0138. The lowest BCUT2D eigenvalue weighted by Gasteiger charge is -2.22. The number of hydrogen-bond donors (Lipinski definition) is 1. The van der Waals surface area contributed by atoms with Gasteiger partial charge in [0.15, 0.2) is 6.29 Å². The fraction of sp³-hybridized carbons (Fsp3) is 0.980. The molecule has 0 aliphatic rings. The van der Waals surface area contributed by atoms with Crippen molar-refractivity contribution in [2.75, 3.05) is 51.8 Å². The molecule has 362 valence electrons. The molecule has 0 aliphatic carbocycles. The van der Waals surface area contributed by atoms with Crippen LogP contribution in [0.1, 0.15) is 240 Å². The van der Waals surface area contributed by atoms with Crippen LogP contribution in [0.4, 0.5) is 0 Å². The van der Waals surface area contributed by atoms with Gasteiger partial charge in [-0.25, -0.2) is 4.43 Å². The normalized spacial score (nSPS) is 12.7. The number of carbonyl (C=O) groups is 1. The molecule has 0 rings (SSSR count). The van der Waals surface area contributed by atoms with Crippen molar-refractivity contribution in [2.45, 2.75) is 264 Å². The van der Waals surface area contributed by atoms with Crippen molar-refractivity contribution in [3.8, 4) is 0 Å². The highest BCUT2D eigenvalue weighted by Gasteiger charge is 2.45. The van der Waals surface area contributed by atoms with Crippen molar-refractivity contribution in [1.29, 1.82) is 0 Å². The van der Waals surface area contributed by atoms with Gasteiger partial charge in [-0.15, -0.1) is 11.8 Å². The fourth-order valence-corrected chi connectivity index (χ4v) is 11.8. The van der Waals surface area contributed by atoms with E-state index in [1.807, 2.05) is 11.8 Å². The van der Waals surface area contributed by atoms with Gasteiger partial charge in [-0.3, -0.25) is 4.79 Å². The number of esters is 1. The summed E-state index contributed by atoms with van der Waals surface area (Å²) in [5, 5.41) is 9.42. The first kappa shape index (κ1) is 61.0. The summed E-state index contributed by atoms with van der Waals surface area (Å²) in [5.41, 5.74) is 0. The second kappa shape index (κ2) is 49.4. The lowest BCUT2D eigenvalue weighted by molar-refractivity contribution is -0.143. The largest absolute Gasteiger partial charge is 0.690 e. The first-order valence-corrected chi connectivity index (χ1v) is 31.0. The van der Waals surface area contributed by atoms with Crippen molar-refractivity contribution in [3.05, 3.63) is 0 Å². The van der Waals surface area contributed by atoms with Crippen LogP contribution in [0.15, 0.2) is 0 Å². The minimum atomic E-state index is -1.46. The van der Waals surface area contributed by atoms with Crippen molar-refractivity contribution < 1.29 is 32.3 Å². The summed E-state index contributed by atoms with van der Waals surface area (Å²) in [6.07, 6.45) is 39.2. The van der Waals surface area contributed by atoms with E-state index in [4.69, 9.17) is 22.4 Å². The lowest BCUT2D eigenvalue weighted by Crippen LogP contribution is -2.34. The van der Waals surface area contributed by atoms with Crippen LogP contribution in [0, 0.1) is 0 Å². The van der Waals surface area contributed by atoms with Crippen LogP contribution < -0.4 is 0 Å². The first-order valence-electron chi connectivity index (χ1n) is 26.3. The molecule has 0 aromatic carbocycles. The zero-order valence-electron chi connectivity index (χ0n) is 41.4. The Balaban J connectivity index is 4.60. The van der Waals surface area contributed by atoms with E-state index in [2.05, 4.69) is 45.7 Å². The monoisotopic (exact) mass is 918 g/mol. The summed E-state index contributed by atoms with van der Waals surface area (Å²) < 4.78 is 30.9. The molecule has 0 saturated heterocycles. The van der Waals surface area contributed by atoms with E-state index in [1.54, 1.807) is 0 Å². The maximum atomic E-state index is 13.0. The Morgan fingerprint density at radius 2 is 1.00 bits per heavy atom. The predicted octanol–water partition coefficient (Wildman–Crippen LogP) is 14.5. The van der Waals surface area contributed by atoms with E-state index in [1.165, 1.54) is 116 Å². The number of thioether (sulfide) groups is 1. The van der Waals surface area contributed by atoms with Crippen LogP contribution in [0.5, 0.6) is 0 Å². The van der Waals surface area contributed by atoms with Gasteiger partial charge in [-0.2, -0.15) is 4.43 Å². The van der Waals surface area contributed by atoms with Gasteiger partial charge in [0.2, 0.25) is 0 Å². The molecule has 0 aliphatic heterocycles. The van der Waals surface area contributed by atoms with Crippen molar-refractivity contribution in [2.24, 2.45) is 0 Å². The Morgan fingerprint density at radius 3 is 1.57 bits per heavy atom. The Bertz CT molecular complexity index is 882. The van der Waals surface area contributed by atoms with E-state index >= 15 is 0 Å². The van der Waals surface area contributed by atoms with E-state index in [9.17, 15) is 9.90 Å². The Labute approximate surface area is 387 Å². The molecule has 0 heterocycles. The molecule has 0 fully saturated rings. The third-order valence-electron chi connectivity index (χ3n) is 11.5. The molecular formula is C50H103NO7SSi2+2. The van der Waals surface area contributed by atoms with E-state index < -0.39 is 18.6 Å². The second-order valence-corrected chi connectivity index (χ2v) is 22.2. The van der Waals surface area contributed by atoms with Gasteiger partial charge in [0, 0.05) is 19.6 Å². The number of rotatable bonds is 51. The van der Waals surface area contributed by atoms with Gasteiger partial charge in [0.05, 0.1) is 13.2 Å². The number of nitrogens with zero attached hydrogens (tertiary/aromatic N) is 1. The minimum absolute atomic E-state index is 0.00125. The lowest BCUT2D eigenvalue weighted by atomic mass is 10.1. The zero-order chi connectivity index (χ0) is 44.7. The van der Waals surface area contributed by atoms with Gasteiger partial charge in [0.25, 0.3) is 0 Å². The molecule has 0 spiro atoms. The highest BCUT2D eigenvalue weighted by Crippen LogP contribution is 2.22. The van der Waals surface area contributed by atoms with Crippen LogP contribution in [-0.2, 0) is 27.2 Å². The molecule has 0 aromatic rings. The maximum Gasteiger partial charge on any atom is 0.690 e. The van der Waals surface area contributed by atoms with Crippen molar-refractivity contribution in [1.82, 2.24) is 4.90 Å². The average Bonchev–Trinajstić information content (AvgIpc) is 3.25. The molecule has 2 atom stereocenters. The molecule has 0 amide bonds. The van der Waals surface area contributed by atoms with Gasteiger partial charge in [-0.05, 0) is 93.7 Å². The minimum Gasteiger partial charge on any atom is -0.465 e. The molecule has 0 bridgehead atoms. The number of aliphatic hydroxyl groups is 1. The van der Waals surface area contributed by atoms with Crippen LogP contribution in [0.25, 0.3) is 0 Å². The van der Waals surface area contributed by atoms with Crippen LogP contribution in [0.2, 0.25) is 13.1 Å². The molecule has 11 heteroatoms. The van der Waals surface area contributed by atoms with Crippen LogP contribution in [0.3, 0.4) is 0 Å². The van der Waals surface area contributed by atoms with E-state index in [0.29, 0.717) is 6.61 Å².